The average molecular weight is 393 g/mol. The molecule has 0 unspecified atom stereocenters. The fourth-order valence-electron chi connectivity index (χ4n) is 4.38. The van der Waals surface area contributed by atoms with Crippen LogP contribution in [0.3, 0.4) is 0 Å². The summed E-state index contributed by atoms with van der Waals surface area (Å²) in [6.07, 6.45) is 6.49. The Hall–Kier alpha value is -1.71. The first-order valence-corrected chi connectivity index (χ1v) is 11.5. The number of hydrogen-bond acceptors (Lipinski definition) is 6. The van der Waals surface area contributed by atoms with E-state index in [9.17, 15) is 8.42 Å². The number of piperazine rings is 1. The molecule has 0 amide bonds. The molecule has 1 N–H and O–H groups in total. The summed E-state index contributed by atoms with van der Waals surface area (Å²) in [6, 6.07) is 0.0821. The van der Waals surface area contributed by atoms with Gasteiger partial charge in [0, 0.05) is 68.0 Å². The molecule has 0 bridgehead atoms. The average Bonchev–Trinajstić information content (AvgIpc) is 3.32. The minimum atomic E-state index is -3.01. The summed E-state index contributed by atoms with van der Waals surface area (Å²) >= 11 is 0. The topological polar surface area (TPSA) is 87.1 Å². The van der Waals surface area contributed by atoms with Crippen LogP contribution in [0.25, 0.3) is 0 Å². The van der Waals surface area contributed by atoms with E-state index in [0.717, 1.165) is 44.8 Å². The molecule has 4 rings (SSSR count). The van der Waals surface area contributed by atoms with Crippen molar-refractivity contribution in [3.63, 3.8) is 0 Å². The molecule has 148 valence electrons. The Morgan fingerprint density at radius 3 is 2.48 bits per heavy atom. The molecule has 0 saturated carbocycles. The third kappa shape index (κ3) is 3.81. The third-order valence-electron chi connectivity index (χ3n) is 5.85. The van der Waals surface area contributed by atoms with E-state index in [1.54, 1.807) is 6.33 Å². The van der Waals surface area contributed by atoms with Crippen LogP contribution in [0, 0.1) is 6.92 Å². The van der Waals surface area contributed by atoms with E-state index in [1.165, 1.54) is 11.3 Å². The van der Waals surface area contributed by atoms with Gasteiger partial charge in [-0.3, -0.25) is 14.5 Å². The van der Waals surface area contributed by atoms with Crippen molar-refractivity contribution in [2.24, 2.45) is 0 Å². The van der Waals surface area contributed by atoms with Crippen molar-refractivity contribution in [1.29, 1.82) is 0 Å². The Balaban J connectivity index is 1.52. The Bertz CT molecular complexity index is 876. The van der Waals surface area contributed by atoms with Crippen LogP contribution in [0.15, 0.2) is 18.7 Å². The largest absolute Gasteiger partial charge is 0.347 e. The standard InChI is InChI=1S/C18H28N6O2S/c1-3-4-24-14(2)15(7-21-24)9-22-5-6-23(10-16-8-19-13-20-16)18-12-27(25,26)11-17(18)22/h7-8,13,17-18H,3-6,9-12H2,1-2H3,(H,19,20)/t17-,18+/m0/s1. The van der Waals surface area contributed by atoms with E-state index in [-0.39, 0.29) is 23.6 Å². The van der Waals surface area contributed by atoms with Gasteiger partial charge in [-0.15, -0.1) is 0 Å². The van der Waals surface area contributed by atoms with Crippen molar-refractivity contribution < 1.29 is 8.42 Å². The van der Waals surface area contributed by atoms with Gasteiger partial charge in [0.15, 0.2) is 9.84 Å². The lowest BCUT2D eigenvalue weighted by Crippen LogP contribution is -2.58. The summed E-state index contributed by atoms with van der Waals surface area (Å²) in [4.78, 5) is 11.9. The number of aromatic amines is 1. The van der Waals surface area contributed by atoms with Gasteiger partial charge < -0.3 is 4.98 Å². The Labute approximate surface area is 160 Å². The maximum Gasteiger partial charge on any atom is 0.153 e. The fraction of sp³-hybridized carbons (Fsp3) is 0.667. The van der Waals surface area contributed by atoms with Crippen LogP contribution in [0.5, 0.6) is 0 Å². The van der Waals surface area contributed by atoms with Gasteiger partial charge in [-0.1, -0.05) is 6.92 Å². The highest BCUT2D eigenvalue weighted by Crippen LogP contribution is 2.29. The lowest BCUT2D eigenvalue weighted by atomic mass is 10.0. The van der Waals surface area contributed by atoms with Crippen LogP contribution < -0.4 is 0 Å². The van der Waals surface area contributed by atoms with Crippen molar-refractivity contribution >= 4 is 9.84 Å². The zero-order valence-electron chi connectivity index (χ0n) is 16.0. The molecule has 0 spiro atoms. The minimum absolute atomic E-state index is 0.0399. The van der Waals surface area contributed by atoms with Gasteiger partial charge >= 0.3 is 0 Å². The molecule has 9 heteroatoms. The smallest absolute Gasteiger partial charge is 0.153 e. The van der Waals surface area contributed by atoms with Crippen LogP contribution in [0.2, 0.25) is 0 Å². The quantitative estimate of drug-likeness (QED) is 0.783. The van der Waals surface area contributed by atoms with Crippen LogP contribution in [-0.4, -0.2) is 74.6 Å². The van der Waals surface area contributed by atoms with E-state index in [1.807, 2.05) is 17.1 Å². The second kappa shape index (κ2) is 7.37. The molecule has 0 radical (unpaired) electrons. The number of hydrogen-bond donors (Lipinski definition) is 1. The summed E-state index contributed by atoms with van der Waals surface area (Å²) in [6.45, 7) is 8.39. The number of aryl methyl sites for hydroxylation is 1. The Kier molecular flexibility index (Phi) is 5.09. The predicted octanol–water partition coefficient (Wildman–Crippen LogP) is 0.808. The summed E-state index contributed by atoms with van der Waals surface area (Å²) < 4.78 is 26.9. The number of rotatable bonds is 6. The first kappa shape index (κ1) is 18.6. The lowest BCUT2D eigenvalue weighted by molar-refractivity contribution is 0.0347. The summed E-state index contributed by atoms with van der Waals surface area (Å²) in [5.41, 5.74) is 3.42. The molecule has 4 heterocycles. The van der Waals surface area contributed by atoms with Crippen LogP contribution in [0.1, 0.15) is 30.3 Å². The Morgan fingerprint density at radius 2 is 1.85 bits per heavy atom. The summed E-state index contributed by atoms with van der Waals surface area (Å²) in [5.74, 6) is 0.496. The number of H-pyrrole nitrogens is 1. The predicted molar refractivity (Wildman–Crippen MR) is 103 cm³/mol. The van der Waals surface area contributed by atoms with Crippen molar-refractivity contribution in [3.8, 4) is 0 Å². The molecule has 2 atom stereocenters. The van der Waals surface area contributed by atoms with Crippen LogP contribution in [0.4, 0.5) is 0 Å². The molecule has 8 nitrogen and oxygen atoms in total. The molecular formula is C18H28N6O2S. The molecule has 2 fully saturated rings. The lowest BCUT2D eigenvalue weighted by Gasteiger charge is -2.43. The van der Waals surface area contributed by atoms with Crippen molar-refractivity contribution in [1.82, 2.24) is 29.5 Å². The van der Waals surface area contributed by atoms with E-state index >= 15 is 0 Å². The third-order valence-corrected chi connectivity index (χ3v) is 7.55. The number of fused-ring (bicyclic) bond motifs is 1. The maximum absolute atomic E-state index is 12.4. The van der Waals surface area contributed by atoms with Crippen molar-refractivity contribution in [2.75, 3.05) is 24.6 Å². The molecule has 0 aromatic carbocycles. The Morgan fingerprint density at radius 1 is 1.15 bits per heavy atom. The number of aromatic nitrogens is 4. The van der Waals surface area contributed by atoms with E-state index in [4.69, 9.17) is 0 Å². The molecule has 0 aliphatic carbocycles. The van der Waals surface area contributed by atoms with Crippen molar-refractivity contribution in [3.05, 3.63) is 35.7 Å². The van der Waals surface area contributed by atoms with Gasteiger partial charge in [-0.05, 0) is 13.3 Å². The maximum atomic E-state index is 12.4. The molecule has 2 aliphatic rings. The highest BCUT2D eigenvalue weighted by molar-refractivity contribution is 7.91. The molecular weight excluding hydrogens is 364 g/mol. The fourth-order valence-corrected chi connectivity index (χ4v) is 6.42. The SMILES string of the molecule is CCCn1ncc(CN2CCN(Cc3cnc[nH]3)[C@@H]3CS(=O)(=O)C[C@@H]32)c1C. The number of nitrogens with one attached hydrogen (secondary N) is 1. The van der Waals surface area contributed by atoms with Gasteiger partial charge in [0.1, 0.15) is 0 Å². The van der Waals surface area contributed by atoms with E-state index in [2.05, 4.69) is 38.7 Å². The zero-order chi connectivity index (χ0) is 19.0. The molecule has 2 aromatic heterocycles. The summed E-state index contributed by atoms with van der Waals surface area (Å²) in [7, 11) is -3.01. The second-order valence-corrected chi connectivity index (χ2v) is 9.86. The van der Waals surface area contributed by atoms with Gasteiger partial charge in [0.25, 0.3) is 0 Å². The van der Waals surface area contributed by atoms with Gasteiger partial charge in [-0.2, -0.15) is 5.10 Å². The number of nitrogens with zero attached hydrogens (tertiary/aromatic N) is 5. The highest BCUT2D eigenvalue weighted by atomic mass is 32.2. The van der Waals surface area contributed by atoms with Gasteiger partial charge in [0.05, 0.1) is 24.0 Å². The molecule has 2 saturated heterocycles. The monoisotopic (exact) mass is 392 g/mol. The first-order chi connectivity index (χ1) is 13.0. The van der Waals surface area contributed by atoms with Crippen LogP contribution in [-0.2, 0) is 29.5 Å². The van der Waals surface area contributed by atoms with Gasteiger partial charge in [0.2, 0.25) is 0 Å². The number of sulfone groups is 1. The number of imidazole rings is 1. The highest BCUT2D eigenvalue weighted by Gasteiger charge is 2.46. The minimum Gasteiger partial charge on any atom is -0.347 e. The van der Waals surface area contributed by atoms with E-state index in [0.29, 0.717) is 0 Å². The van der Waals surface area contributed by atoms with Gasteiger partial charge in [-0.25, -0.2) is 13.4 Å². The second-order valence-electron chi connectivity index (χ2n) is 7.71. The normalized spacial score (nSPS) is 25.7. The van der Waals surface area contributed by atoms with Crippen molar-refractivity contribution in [2.45, 2.75) is 52.0 Å². The first-order valence-electron chi connectivity index (χ1n) is 9.64. The summed E-state index contributed by atoms with van der Waals surface area (Å²) in [5, 5.41) is 4.50. The molecule has 2 aromatic rings. The van der Waals surface area contributed by atoms with E-state index < -0.39 is 9.84 Å². The molecule has 2 aliphatic heterocycles. The zero-order valence-corrected chi connectivity index (χ0v) is 16.8. The molecule has 27 heavy (non-hydrogen) atoms. The van der Waals surface area contributed by atoms with Crippen LogP contribution >= 0.6 is 0 Å².